The molecule has 0 radical (unpaired) electrons. The average molecular weight is 414 g/mol. The molecule has 6 nitrogen and oxygen atoms in total. The molecule has 0 atom stereocenters. The van der Waals surface area contributed by atoms with Gasteiger partial charge in [-0.15, -0.1) is 0 Å². The van der Waals surface area contributed by atoms with Crippen molar-refractivity contribution in [1.82, 2.24) is 30.0 Å². The second kappa shape index (κ2) is 6.77. The van der Waals surface area contributed by atoms with E-state index >= 15 is 0 Å². The molecule has 0 spiro atoms. The second-order valence-electron chi connectivity index (χ2n) is 8.47. The van der Waals surface area contributed by atoms with Gasteiger partial charge in [0.2, 0.25) is 0 Å². The zero-order chi connectivity index (χ0) is 21.1. The number of fused-ring (bicyclic) bond motifs is 2. The topological polar surface area (TPSA) is 73.5 Å². The van der Waals surface area contributed by atoms with Crippen molar-refractivity contribution in [1.29, 1.82) is 0 Å². The summed E-state index contributed by atoms with van der Waals surface area (Å²) in [4.78, 5) is 15.2. The fourth-order valence-corrected chi connectivity index (χ4v) is 4.46. The number of nitrogens with zero attached hydrogens (tertiary/aromatic N) is 4. The molecule has 1 saturated carbocycles. The lowest BCUT2D eigenvalue weighted by molar-refractivity contribution is 0.340. The molecule has 0 saturated heterocycles. The first kappa shape index (κ1) is 18.3. The fraction of sp³-hybridized carbons (Fsp3) is 0.292. The second-order valence-corrected chi connectivity index (χ2v) is 8.47. The quantitative estimate of drug-likeness (QED) is 0.484. The summed E-state index contributed by atoms with van der Waals surface area (Å²) in [5, 5.41) is 8.49. The molecule has 156 valence electrons. The van der Waals surface area contributed by atoms with Crippen molar-refractivity contribution in [2.75, 3.05) is 0 Å². The minimum atomic E-state index is -0.261. The molecule has 0 bridgehead atoms. The Hall–Kier alpha value is -3.48. The molecule has 4 heterocycles. The molecule has 2 aliphatic rings. The smallest absolute Gasteiger partial charge is 0.159 e. The highest BCUT2D eigenvalue weighted by Gasteiger charge is 2.32. The SMILES string of the molecule is C=C(C1CC1)N1Cc2nc(-c3n[nH]c4cc(-c5cc(F)ccc5CC)ncc34)[nH]c2C1. The molecule has 31 heavy (non-hydrogen) atoms. The normalized spacial score (nSPS) is 15.6. The van der Waals surface area contributed by atoms with Crippen LogP contribution in [0.5, 0.6) is 0 Å². The van der Waals surface area contributed by atoms with Gasteiger partial charge in [0.15, 0.2) is 5.82 Å². The minimum Gasteiger partial charge on any atom is -0.363 e. The molecule has 2 N–H and O–H groups in total. The Morgan fingerprint density at radius 2 is 2.13 bits per heavy atom. The zero-order valence-corrected chi connectivity index (χ0v) is 17.4. The van der Waals surface area contributed by atoms with Crippen molar-refractivity contribution in [2.24, 2.45) is 5.92 Å². The fourth-order valence-electron chi connectivity index (χ4n) is 4.46. The van der Waals surface area contributed by atoms with Crippen LogP contribution < -0.4 is 0 Å². The highest BCUT2D eigenvalue weighted by Crippen LogP contribution is 2.40. The lowest BCUT2D eigenvalue weighted by Gasteiger charge is -2.19. The molecule has 3 aromatic heterocycles. The molecule has 7 heteroatoms. The van der Waals surface area contributed by atoms with E-state index in [0.717, 1.165) is 70.1 Å². The van der Waals surface area contributed by atoms with Crippen LogP contribution in [0.15, 0.2) is 42.7 Å². The first-order chi connectivity index (χ1) is 15.1. The maximum atomic E-state index is 13.8. The molecule has 1 aliphatic heterocycles. The van der Waals surface area contributed by atoms with Gasteiger partial charge in [-0.25, -0.2) is 9.37 Å². The number of aryl methyl sites for hydroxylation is 1. The number of halogens is 1. The van der Waals surface area contributed by atoms with E-state index in [2.05, 4.69) is 38.6 Å². The van der Waals surface area contributed by atoms with E-state index in [1.807, 2.05) is 12.1 Å². The number of pyridine rings is 1. The van der Waals surface area contributed by atoms with Gasteiger partial charge in [0.25, 0.3) is 0 Å². The predicted molar refractivity (Wildman–Crippen MR) is 117 cm³/mol. The summed E-state index contributed by atoms with van der Waals surface area (Å²) < 4.78 is 13.8. The van der Waals surface area contributed by atoms with Crippen LogP contribution in [0.4, 0.5) is 4.39 Å². The van der Waals surface area contributed by atoms with Crippen LogP contribution in [0.2, 0.25) is 0 Å². The van der Waals surface area contributed by atoms with Gasteiger partial charge in [-0.1, -0.05) is 19.6 Å². The van der Waals surface area contributed by atoms with Gasteiger partial charge in [-0.05, 0) is 48.9 Å². The van der Waals surface area contributed by atoms with Crippen molar-refractivity contribution in [3.63, 3.8) is 0 Å². The summed E-state index contributed by atoms with van der Waals surface area (Å²) in [7, 11) is 0. The van der Waals surface area contributed by atoms with Crippen LogP contribution in [-0.2, 0) is 19.5 Å². The number of aromatic nitrogens is 5. The Morgan fingerprint density at radius 3 is 2.90 bits per heavy atom. The molecular formula is C24H23FN6. The highest BCUT2D eigenvalue weighted by atomic mass is 19.1. The van der Waals surface area contributed by atoms with E-state index < -0.39 is 0 Å². The number of hydrogen-bond donors (Lipinski definition) is 2. The first-order valence-corrected chi connectivity index (χ1v) is 10.8. The van der Waals surface area contributed by atoms with Gasteiger partial charge >= 0.3 is 0 Å². The number of hydrogen-bond acceptors (Lipinski definition) is 4. The zero-order valence-electron chi connectivity index (χ0n) is 17.4. The Morgan fingerprint density at radius 1 is 1.26 bits per heavy atom. The first-order valence-electron chi connectivity index (χ1n) is 10.8. The summed E-state index contributed by atoms with van der Waals surface area (Å²) in [5.41, 5.74) is 7.64. The summed E-state index contributed by atoms with van der Waals surface area (Å²) in [6, 6.07) is 6.78. The molecule has 1 aromatic carbocycles. The third-order valence-electron chi connectivity index (χ3n) is 6.41. The Labute approximate surface area is 179 Å². The molecule has 1 aliphatic carbocycles. The van der Waals surface area contributed by atoms with E-state index in [-0.39, 0.29) is 5.82 Å². The van der Waals surface area contributed by atoms with Crippen molar-refractivity contribution < 1.29 is 4.39 Å². The maximum absolute atomic E-state index is 13.8. The van der Waals surface area contributed by atoms with E-state index in [1.54, 1.807) is 12.3 Å². The van der Waals surface area contributed by atoms with Crippen molar-refractivity contribution >= 4 is 10.9 Å². The van der Waals surface area contributed by atoms with Crippen LogP contribution >= 0.6 is 0 Å². The average Bonchev–Trinajstić information content (AvgIpc) is 3.24. The molecule has 0 amide bonds. The predicted octanol–water partition coefficient (Wildman–Crippen LogP) is 4.96. The van der Waals surface area contributed by atoms with Gasteiger partial charge in [-0.2, -0.15) is 5.10 Å². The number of nitrogens with one attached hydrogen (secondary N) is 2. The van der Waals surface area contributed by atoms with Crippen molar-refractivity contribution in [2.45, 2.75) is 39.3 Å². The van der Waals surface area contributed by atoms with E-state index in [0.29, 0.717) is 5.92 Å². The standard InChI is InChI=1S/C24H23FN6/c1-3-14-6-7-16(25)8-17(14)19-9-20-18(10-26-19)23(30-29-20)24-27-21-11-31(12-22(21)28-24)13(2)15-4-5-15/h6-10,15H,2-5,11-12H2,1H3,(H,27,28)(H,29,30). The van der Waals surface area contributed by atoms with Crippen molar-refractivity contribution in [3.05, 3.63) is 65.5 Å². The van der Waals surface area contributed by atoms with E-state index in [9.17, 15) is 4.39 Å². The van der Waals surface area contributed by atoms with Gasteiger partial charge in [0.05, 0.1) is 35.7 Å². The molecule has 4 aromatic rings. The van der Waals surface area contributed by atoms with Crippen LogP contribution in [-0.4, -0.2) is 30.0 Å². The van der Waals surface area contributed by atoms with Crippen LogP contribution in [0.3, 0.4) is 0 Å². The van der Waals surface area contributed by atoms with Crippen LogP contribution in [0.1, 0.15) is 36.7 Å². The Bertz CT molecular complexity index is 1310. The third kappa shape index (κ3) is 3.03. The lowest BCUT2D eigenvalue weighted by Crippen LogP contribution is -2.16. The summed E-state index contributed by atoms with van der Waals surface area (Å²) in [6.45, 7) is 7.94. The molecular weight excluding hydrogens is 391 g/mol. The minimum absolute atomic E-state index is 0.261. The van der Waals surface area contributed by atoms with Gasteiger partial charge < -0.3 is 9.88 Å². The van der Waals surface area contributed by atoms with E-state index in [4.69, 9.17) is 4.98 Å². The monoisotopic (exact) mass is 414 g/mol. The third-order valence-corrected chi connectivity index (χ3v) is 6.41. The number of benzene rings is 1. The maximum Gasteiger partial charge on any atom is 0.159 e. The number of H-pyrrole nitrogens is 2. The number of aromatic amines is 2. The highest BCUT2D eigenvalue weighted by molar-refractivity contribution is 5.92. The number of imidazole rings is 1. The number of allylic oxidation sites excluding steroid dienone is 1. The van der Waals surface area contributed by atoms with Gasteiger partial charge in [-0.3, -0.25) is 10.1 Å². The number of rotatable bonds is 5. The summed E-state index contributed by atoms with van der Waals surface area (Å²) >= 11 is 0. The van der Waals surface area contributed by atoms with E-state index in [1.165, 1.54) is 24.6 Å². The van der Waals surface area contributed by atoms with Gasteiger partial charge in [0.1, 0.15) is 11.5 Å². The lowest BCUT2D eigenvalue weighted by atomic mass is 10.0. The van der Waals surface area contributed by atoms with Crippen LogP contribution in [0.25, 0.3) is 33.7 Å². The van der Waals surface area contributed by atoms with Gasteiger partial charge in [0, 0.05) is 22.8 Å². The largest absolute Gasteiger partial charge is 0.363 e. The molecule has 0 unspecified atom stereocenters. The summed E-state index contributed by atoms with van der Waals surface area (Å²) in [6.07, 6.45) is 5.12. The van der Waals surface area contributed by atoms with Crippen LogP contribution in [0, 0.1) is 11.7 Å². The van der Waals surface area contributed by atoms with Crippen molar-refractivity contribution in [3.8, 4) is 22.8 Å². The molecule has 1 fully saturated rings. The molecule has 6 rings (SSSR count). The Kier molecular flexibility index (Phi) is 4.00. The Balaban J connectivity index is 1.32. The summed E-state index contributed by atoms with van der Waals surface area (Å²) in [5.74, 6) is 1.15.